The molecule has 0 saturated heterocycles. The average molecular weight is 251 g/mol. The highest BCUT2D eigenvalue weighted by molar-refractivity contribution is 5.24. The molecular weight excluding hydrogens is 238 g/mol. The van der Waals surface area contributed by atoms with Crippen molar-refractivity contribution in [3.8, 4) is 0 Å². The van der Waals surface area contributed by atoms with Crippen LogP contribution in [0.1, 0.15) is 12.5 Å². The van der Waals surface area contributed by atoms with Crippen molar-refractivity contribution in [1.29, 1.82) is 0 Å². The van der Waals surface area contributed by atoms with Crippen molar-refractivity contribution >= 4 is 0 Å². The molecule has 2 nitrogen and oxygen atoms in total. The average Bonchev–Trinajstić information content (AvgIpc) is 2.25. The van der Waals surface area contributed by atoms with Crippen LogP contribution in [0.3, 0.4) is 0 Å². The maximum absolute atomic E-state index is 13.0. The van der Waals surface area contributed by atoms with Gasteiger partial charge in [-0.05, 0) is 24.6 Å². The van der Waals surface area contributed by atoms with Gasteiger partial charge in [0.25, 0.3) is 0 Å². The van der Waals surface area contributed by atoms with E-state index in [4.69, 9.17) is 0 Å². The summed E-state index contributed by atoms with van der Waals surface area (Å²) < 4.78 is 49.3. The molecule has 6 heteroatoms. The number of nitrogens with one attached hydrogen (secondary N) is 1. The molecule has 0 saturated carbocycles. The maximum Gasteiger partial charge on any atom is 0.401 e. The Morgan fingerprint density at radius 3 is 2.41 bits per heavy atom. The highest BCUT2D eigenvalue weighted by Gasteiger charge is 2.33. The van der Waals surface area contributed by atoms with E-state index < -0.39 is 30.7 Å². The Morgan fingerprint density at radius 1 is 1.29 bits per heavy atom. The van der Waals surface area contributed by atoms with Gasteiger partial charge in [0.15, 0.2) is 0 Å². The summed E-state index contributed by atoms with van der Waals surface area (Å²) in [5.74, 6) is -0.559. The smallest absolute Gasteiger partial charge is 0.394 e. The Labute approximate surface area is 96.3 Å². The second-order valence-corrected chi connectivity index (χ2v) is 3.97. The molecule has 1 aromatic rings. The maximum atomic E-state index is 13.0. The minimum absolute atomic E-state index is 0.268. The van der Waals surface area contributed by atoms with Crippen LogP contribution >= 0.6 is 0 Å². The van der Waals surface area contributed by atoms with E-state index in [0.717, 1.165) is 6.07 Å². The predicted molar refractivity (Wildman–Crippen MR) is 54.9 cm³/mol. The van der Waals surface area contributed by atoms with E-state index in [-0.39, 0.29) is 5.56 Å². The van der Waals surface area contributed by atoms with Crippen molar-refractivity contribution in [3.05, 3.63) is 35.6 Å². The molecule has 0 aromatic heterocycles. The highest BCUT2D eigenvalue weighted by Crippen LogP contribution is 2.23. The number of alkyl halides is 3. The van der Waals surface area contributed by atoms with Gasteiger partial charge in [0.2, 0.25) is 0 Å². The molecule has 17 heavy (non-hydrogen) atoms. The Bertz CT molecular complexity index is 380. The number of aliphatic hydroxyl groups is 1. The second-order valence-electron chi connectivity index (χ2n) is 3.97. The number of rotatable bonds is 4. The van der Waals surface area contributed by atoms with Crippen LogP contribution in [0.2, 0.25) is 0 Å². The van der Waals surface area contributed by atoms with Crippen LogP contribution in [-0.2, 0) is 5.54 Å². The molecule has 0 heterocycles. The molecule has 1 atom stereocenters. The van der Waals surface area contributed by atoms with Gasteiger partial charge in [0, 0.05) is 0 Å². The zero-order chi connectivity index (χ0) is 13.1. The standard InChI is InChI=1S/C11H13F4NO/c1-10(7-17,16-6-11(13,14)15)8-3-2-4-9(12)5-8/h2-5,16-17H,6-7H2,1H3. The summed E-state index contributed by atoms with van der Waals surface area (Å²) in [6.07, 6.45) is -4.39. The van der Waals surface area contributed by atoms with Crippen LogP contribution in [0, 0.1) is 5.82 Å². The van der Waals surface area contributed by atoms with E-state index in [2.05, 4.69) is 5.32 Å². The molecular formula is C11H13F4NO. The largest absolute Gasteiger partial charge is 0.401 e. The predicted octanol–water partition coefficient (Wildman–Crippen LogP) is 2.19. The first-order valence-electron chi connectivity index (χ1n) is 4.95. The van der Waals surface area contributed by atoms with Gasteiger partial charge >= 0.3 is 6.18 Å². The summed E-state index contributed by atoms with van der Waals surface area (Å²) in [5, 5.41) is 11.4. The monoisotopic (exact) mass is 251 g/mol. The summed E-state index contributed by atoms with van der Waals surface area (Å²) in [5.41, 5.74) is -1.05. The molecule has 0 spiro atoms. The van der Waals surface area contributed by atoms with Crippen molar-refractivity contribution in [3.63, 3.8) is 0 Å². The molecule has 2 N–H and O–H groups in total. The molecule has 0 aliphatic carbocycles. The molecule has 1 rings (SSSR count). The third kappa shape index (κ3) is 3.98. The molecule has 0 bridgehead atoms. The van der Waals surface area contributed by atoms with Gasteiger partial charge in [-0.3, -0.25) is 5.32 Å². The molecule has 96 valence electrons. The molecule has 1 unspecified atom stereocenters. The SMILES string of the molecule is CC(CO)(NCC(F)(F)F)c1cccc(F)c1. The van der Waals surface area contributed by atoms with Crippen molar-refractivity contribution < 1.29 is 22.7 Å². The summed E-state index contributed by atoms with van der Waals surface area (Å²) in [6, 6.07) is 5.13. The second kappa shape index (κ2) is 5.01. The third-order valence-electron chi connectivity index (χ3n) is 2.46. The van der Waals surface area contributed by atoms with Gasteiger partial charge < -0.3 is 5.11 Å². The van der Waals surface area contributed by atoms with Crippen molar-refractivity contribution in [2.24, 2.45) is 0 Å². The van der Waals surface area contributed by atoms with E-state index in [9.17, 15) is 22.7 Å². The molecule has 0 fully saturated rings. The number of halogens is 4. The molecule has 0 aliphatic rings. The fraction of sp³-hybridized carbons (Fsp3) is 0.455. The molecule has 0 aliphatic heterocycles. The van der Waals surface area contributed by atoms with E-state index in [0.29, 0.717) is 0 Å². The first-order chi connectivity index (χ1) is 7.77. The summed E-state index contributed by atoms with van der Waals surface area (Å²) in [4.78, 5) is 0. The Morgan fingerprint density at radius 2 is 1.94 bits per heavy atom. The van der Waals surface area contributed by atoms with Gasteiger partial charge in [-0.25, -0.2) is 4.39 Å². The number of hydrogen-bond donors (Lipinski definition) is 2. The lowest BCUT2D eigenvalue weighted by Crippen LogP contribution is -2.47. The highest BCUT2D eigenvalue weighted by atomic mass is 19.4. The van der Waals surface area contributed by atoms with E-state index in [1.54, 1.807) is 0 Å². The number of hydrogen-bond acceptors (Lipinski definition) is 2. The normalized spacial score (nSPS) is 15.6. The lowest BCUT2D eigenvalue weighted by atomic mass is 9.93. The molecule has 0 radical (unpaired) electrons. The van der Waals surface area contributed by atoms with Crippen LogP contribution in [0.15, 0.2) is 24.3 Å². The van der Waals surface area contributed by atoms with Gasteiger partial charge in [-0.1, -0.05) is 12.1 Å². The van der Waals surface area contributed by atoms with Crippen LogP contribution in [0.25, 0.3) is 0 Å². The zero-order valence-corrected chi connectivity index (χ0v) is 9.18. The molecule has 1 aromatic carbocycles. The Hall–Kier alpha value is -1.14. The topological polar surface area (TPSA) is 32.3 Å². The van der Waals surface area contributed by atoms with Gasteiger partial charge in [-0.15, -0.1) is 0 Å². The van der Waals surface area contributed by atoms with Gasteiger partial charge in [-0.2, -0.15) is 13.2 Å². The summed E-state index contributed by atoms with van der Waals surface area (Å²) in [7, 11) is 0. The zero-order valence-electron chi connectivity index (χ0n) is 9.18. The first kappa shape index (κ1) is 13.9. The van der Waals surface area contributed by atoms with Crippen LogP contribution < -0.4 is 5.32 Å². The van der Waals surface area contributed by atoms with Gasteiger partial charge in [0.1, 0.15) is 5.82 Å². The van der Waals surface area contributed by atoms with Crippen molar-refractivity contribution in [1.82, 2.24) is 5.32 Å². The summed E-state index contributed by atoms with van der Waals surface area (Å²) >= 11 is 0. The fourth-order valence-electron chi connectivity index (χ4n) is 1.38. The quantitative estimate of drug-likeness (QED) is 0.804. The van der Waals surface area contributed by atoms with Crippen molar-refractivity contribution in [2.75, 3.05) is 13.2 Å². The minimum Gasteiger partial charge on any atom is -0.394 e. The van der Waals surface area contributed by atoms with Crippen LogP contribution in [0.4, 0.5) is 17.6 Å². The first-order valence-corrected chi connectivity index (χ1v) is 4.95. The Kier molecular flexibility index (Phi) is 4.11. The fourth-order valence-corrected chi connectivity index (χ4v) is 1.38. The lowest BCUT2D eigenvalue weighted by Gasteiger charge is -2.30. The van der Waals surface area contributed by atoms with E-state index in [1.165, 1.54) is 25.1 Å². The third-order valence-corrected chi connectivity index (χ3v) is 2.46. The number of aliphatic hydroxyl groups excluding tert-OH is 1. The lowest BCUT2D eigenvalue weighted by molar-refractivity contribution is -0.129. The van der Waals surface area contributed by atoms with Crippen molar-refractivity contribution in [2.45, 2.75) is 18.6 Å². The van der Waals surface area contributed by atoms with E-state index in [1.807, 2.05) is 0 Å². The van der Waals surface area contributed by atoms with E-state index >= 15 is 0 Å². The van der Waals surface area contributed by atoms with Crippen LogP contribution in [-0.4, -0.2) is 24.4 Å². The van der Waals surface area contributed by atoms with Gasteiger partial charge in [0.05, 0.1) is 18.7 Å². The summed E-state index contributed by atoms with van der Waals surface area (Å²) in [6.45, 7) is -0.430. The molecule has 0 amide bonds. The minimum atomic E-state index is -4.39. The Balaban J connectivity index is 2.88. The van der Waals surface area contributed by atoms with Crippen LogP contribution in [0.5, 0.6) is 0 Å². The number of benzene rings is 1.